The van der Waals surface area contributed by atoms with E-state index >= 15 is 0 Å². The molecule has 0 aliphatic carbocycles. The number of para-hydroxylation sites is 1. The first-order valence-electron chi connectivity index (χ1n) is 6.94. The fourth-order valence-corrected chi connectivity index (χ4v) is 3.69. The van der Waals surface area contributed by atoms with Crippen LogP contribution in [0.1, 0.15) is 16.8 Å². The van der Waals surface area contributed by atoms with E-state index in [1.165, 1.54) is 16.7 Å². The minimum atomic E-state index is -0.0266. The van der Waals surface area contributed by atoms with Crippen LogP contribution in [0.15, 0.2) is 41.4 Å². The molecule has 0 unspecified atom stereocenters. The smallest absolute Gasteiger partial charge is 0.265 e. The molecule has 112 valence electrons. The van der Waals surface area contributed by atoms with Crippen molar-refractivity contribution in [3.63, 3.8) is 0 Å². The van der Waals surface area contributed by atoms with Crippen LogP contribution in [0.2, 0.25) is 0 Å². The molecule has 0 atom stereocenters. The molecular weight excluding hydrogens is 312 g/mol. The van der Waals surface area contributed by atoms with Crippen LogP contribution in [-0.2, 0) is 4.79 Å². The summed E-state index contributed by atoms with van der Waals surface area (Å²) < 4.78 is 2.75. The second-order valence-corrected chi connectivity index (χ2v) is 6.93. The van der Waals surface area contributed by atoms with Gasteiger partial charge >= 0.3 is 0 Å². The quantitative estimate of drug-likeness (QED) is 0.617. The molecule has 22 heavy (non-hydrogen) atoms. The third-order valence-electron chi connectivity index (χ3n) is 3.80. The van der Waals surface area contributed by atoms with Gasteiger partial charge in [0, 0.05) is 24.6 Å². The molecule has 2 aromatic rings. The fraction of sp³-hybridized carbons (Fsp3) is 0.176. The molecule has 1 aromatic heterocycles. The molecule has 3 nitrogen and oxygen atoms in total. The van der Waals surface area contributed by atoms with Crippen molar-refractivity contribution in [1.29, 1.82) is 0 Å². The lowest BCUT2D eigenvalue weighted by atomic mass is 10.1. The number of thioether (sulfide) groups is 1. The van der Waals surface area contributed by atoms with Crippen molar-refractivity contribution in [2.45, 2.75) is 13.8 Å². The van der Waals surface area contributed by atoms with E-state index in [-0.39, 0.29) is 5.91 Å². The summed E-state index contributed by atoms with van der Waals surface area (Å²) in [7, 11) is 1.72. The average Bonchev–Trinajstić information content (AvgIpc) is 2.93. The van der Waals surface area contributed by atoms with Crippen molar-refractivity contribution in [2.75, 3.05) is 7.05 Å². The molecule has 1 saturated heterocycles. The van der Waals surface area contributed by atoms with Crippen LogP contribution in [0, 0.1) is 13.8 Å². The summed E-state index contributed by atoms with van der Waals surface area (Å²) in [5.74, 6) is -0.0266. The summed E-state index contributed by atoms with van der Waals surface area (Å²) in [6.07, 6.45) is 4.05. The molecule has 0 saturated carbocycles. The van der Waals surface area contributed by atoms with Crippen molar-refractivity contribution < 1.29 is 4.79 Å². The lowest BCUT2D eigenvalue weighted by molar-refractivity contribution is -0.121. The van der Waals surface area contributed by atoms with Crippen LogP contribution in [0.5, 0.6) is 0 Å². The van der Waals surface area contributed by atoms with Gasteiger partial charge in [-0.15, -0.1) is 0 Å². The number of rotatable bonds is 2. The summed E-state index contributed by atoms with van der Waals surface area (Å²) in [5.41, 5.74) is 4.45. The number of likely N-dealkylation sites (N-methyl/N-ethyl adjacent to an activating group) is 1. The third kappa shape index (κ3) is 2.51. The number of aryl methyl sites for hydroxylation is 1. The van der Waals surface area contributed by atoms with E-state index in [1.807, 2.05) is 24.3 Å². The van der Waals surface area contributed by atoms with E-state index in [9.17, 15) is 4.79 Å². The number of aromatic nitrogens is 1. The predicted octanol–water partition coefficient (Wildman–Crippen LogP) is 3.93. The Morgan fingerprint density at radius 3 is 2.45 bits per heavy atom. The predicted molar refractivity (Wildman–Crippen MR) is 96.2 cm³/mol. The Labute approximate surface area is 139 Å². The lowest BCUT2D eigenvalue weighted by Crippen LogP contribution is -2.22. The Hall–Kier alpha value is -1.85. The number of thiocarbonyl (C=S) groups is 1. The van der Waals surface area contributed by atoms with Crippen LogP contribution < -0.4 is 0 Å². The van der Waals surface area contributed by atoms with Gasteiger partial charge in [0.1, 0.15) is 4.32 Å². The Balaban J connectivity index is 2.05. The topological polar surface area (TPSA) is 25.2 Å². The summed E-state index contributed by atoms with van der Waals surface area (Å²) >= 11 is 6.54. The molecule has 0 spiro atoms. The number of carbonyl (C=O) groups excluding carboxylic acids is 1. The molecule has 5 heteroatoms. The molecule has 3 rings (SSSR count). The summed E-state index contributed by atoms with van der Waals surface area (Å²) in [4.78, 5) is 14.4. The largest absolute Gasteiger partial charge is 0.320 e. The minimum Gasteiger partial charge on any atom is -0.320 e. The van der Waals surface area contributed by atoms with Gasteiger partial charge in [-0.1, -0.05) is 42.2 Å². The zero-order valence-electron chi connectivity index (χ0n) is 12.7. The summed E-state index contributed by atoms with van der Waals surface area (Å²) in [6, 6.07) is 10.2. The minimum absolute atomic E-state index is 0.0266. The number of carbonyl (C=O) groups is 1. The first kappa shape index (κ1) is 15.1. The monoisotopic (exact) mass is 328 g/mol. The van der Waals surface area contributed by atoms with Crippen LogP contribution in [-0.4, -0.2) is 26.7 Å². The van der Waals surface area contributed by atoms with Crippen molar-refractivity contribution in [2.24, 2.45) is 0 Å². The number of hydrogen-bond acceptors (Lipinski definition) is 3. The van der Waals surface area contributed by atoms with Crippen LogP contribution >= 0.6 is 24.0 Å². The maximum Gasteiger partial charge on any atom is 0.265 e. The maximum absolute atomic E-state index is 12.2. The van der Waals surface area contributed by atoms with Gasteiger partial charge in [-0.25, -0.2) is 0 Å². The van der Waals surface area contributed by atoms with E-state index in [2.05, 4.69) is 36.7 Å². The van der Waals surface area contributed by atoms with Crippen molar-refractivity contribution >= 4 is 40.3 Å². The SMILES string of the molecule is Cc1cn(-c2ccccc2)c(C)c1/C=C1\SC(=S)N(C)C1=O. The average molecular weight is 328 g/mol. The van der Waals surface area contributed by atoms with Gasteiger partial charge in [0.05, 0.1) is 4.91 Å². The Morgan fingerprint density at radius 2 is 1.86 bits per heavy atom. The van der Waals surface area contributed by atoms with E-state index in [0.29, 0.717) is 9.23 Å². The number of amides is 1. The maximum atomic E-state index is 12.2. The highest BCUT2D eigenvalue weighted by Gasteiger charge is 2.29. The highest BCUT2D eigenvalue weighted by atomic mass is 32.2. The molecule has 1 aliphatic heterocycles. The highest BCUT2D eigenvalue weighted by molar-refractivity contribution is 8.26. The highest BCUT2D eigenvalue weighted by Crippen LogP contribution is 2.33. The van der Waals surface area contributed by atoms with E-state index in [0.717, 1.165) is 22.5 Å². The molecule has 1 aliphatic rings. The van der Waals surface area contributed by atoms with Crippen molar-refractivity contribution in [3.8, 4) is 5.69 Å². The zero-order valence-corrected chi connectivity index (χ0v) is 14.3. The normalized spacial score (nSPS) is 16.9. The molecular formula is C17H16N2OS2. The first-order chi connectivity index (χ1) is 10.5. The Bertz CT molecular complexity index is 790. The number of nitrogens with zero attached hydrogens (tertiary/aromatic N) is 2. The van der Waals surface area contributed by atoms with Crippen molar-refractivity contribution in [3.05, 3.63) is 58.3 Å². The molecule has 1 amide bonds. The Kier molecular flexibility index (Phi) is 3.93. The van der Waals surface area contributed by atoms with Crippen molar-refractivity contribution in [1.82, 2.24) is 9.47 Å². The standard InChI is InChI=1S/C17H16N2OS2/c1-11-10-19(13-7-5-4-6-8-13)12(2)14(11)9-15-16(20)18(3)17(21)22-15/h4-10H,1-3H3/b15-9-. The molecule has 1 aromatic carbocycles. The van der Waals surface area contributed by atoms with Gasteiger partial charge in [0.2, 0.25) is 0 Å². The van der Waals surface area contributed by atoms with Gasteiger partial charge < -0.3 is 4.57 Å². The van der Waals surface area contributed by atoms with E-state index in [4.69, 9.17) is 12.2 Å². The van der Waals surface area contributed by atoms with Crippen LogP contribution in [0.4, 0.5) is 0 Å². The van der Waals surface area contributed by atoms with E-state index in [1.54, 1.807) is 7.05 Å². The Morgan fingerprint density at radius 1 is 1.18 bits per heavy atom. The van der Waals surface area contributed by atoms with Gasteiger partial charge in [-0.05, 0) is 43.2 Å². The molecule has 0 bridgehead atoms. The third-order valence-corrected chi connectivity index (χ3v) is 5.28. The summed E-state index contributed by atoms with van der Waals surface area (Å²) in [6.45, 7) is 4.13. The second-order valence-electron chi connectivity index (χ2n) is 5.26. The van der Waals surface area contributed by atoms with E-state index < -0.39 is 0 Å². The van der Waals surface area contributed by atoms with Gasteiger partial charge in [-0.3, -0.25) is 9.69 Å². The molecule has 0 N–H and O–H groups in total. The molecule has 0 radical (unpaired) electrons. The lowest BCUT2D eigenvalue weighted by Gasteiger charge is -2.06. The number of benzene rings is 1. The summed E-state index contributed by atoms with van der Waals surface area (Å²) in [5, 5.41) is 0. The van der Waals surface area contributed by atoms with Gasteiger partial charge in [0.15, 0.2) is 0 Å². The molecule has 2 heterocycles. The van der Waals surface area contributed by atoms with Gasteiger partial charge in [-0.2, -0.15) is 0 Å². The fourth-order valence-electron chi connectivity index (χ4n) is 2.53. The first-order valence-corrected chi connectivity index (χ1v) is 8.17. The second kappa shape index (κ2) is 5.74. The molecule has 1 fully saturated rings. The van der Waals surface area contributed by atoms with Crippen LogP contribution in [0.25, 0.3) is 11.8 Å². The van der Waals surface area contributed by atoms with Gasteiger partial charge in [0.25, 0.3) is 5.91 Å². The van der Waals surface area contributed by atoms with Crippen LogP contribution in [0.3, 0.4) is 0 Å². The zero-order chi connectivity index (χ0) is 15.9. The number of hydrogen-bond donors (Lipinski definition) is 0.